The molecule has 1 saturated heterocycles. The first-order valence-corrected chi connectivity index (χ1v) is 8.93. The Morgan fingerprint density at radius 1 is 1.40 bits per heavy atom. The summed E-state index contributed by atoms with van der Waals surface area (Å²) in [6.07, 6.45) is 3.89. The van der Waals surface area contributed by atoms with E-state index in [1.165, 1.54) is 43.1 Å². The fourth-order valence-corrected chi connectivity index (χ4v) is 3.64. The van der Waals surface area contributed by atoms with E-state index < -0.39 is 0 Å². The van der Waals surface area contributed by atoms with Gasteiger partial charge in [-0.15, -0.1) is 11.3 Å². The topological polar surface area (TPSA) is 28.2 Å². The van der Waals surface area contributed by atoms with Crippen molar-refractivity contribution in [1.82, 2.24) is 15.2 Å². The second kappa shape index (κ2) is 8.11. The Morgan fingerprint density at radius 2 is 2.15 bits per heavy atom. The molecule has 1 aliphatic rings. The molecule has 1 N–H and O–H groups in total. The molecule has 20 heavy (non-hydrogen) atoms. The Labute approximate surface area is 127 Å². The number of nitrogens with one attached hydrogen (secondary N) is 1. The highest BCUT2D eigenvalue weighted by Crippen LogP contribution is 2.25. The molecule has 0 radical (unpaired) electrons. The Morgan fingerprint density at radius 3 is 2.80 bits per heavy atom. The molecule has 1 aromatic rings. The predicted molar refractivity (Wildman–Crippen MR) is 87.0 cm³/mol. The molecule has 0 aliphatic carbocycles. The molecule has 1 aliphatic heterocycles. The highest BCUT2D eigenvalue weighted by atomic mass is 32.1. The second-order valence-electron chi connectivity index (χ2n) is 6.27. The standard InChI is InChI=1S/C16H29N3S/c1-4-7-17-10-16-18-15(12-20-16)11-19-8-5-14(6-9-19)13(2)3/h12-14,17H,4-11H2,1-3H3. The maximum atomic E-state index is 4.74. The zero-order valence-electron chi connectivity index (χ0n) is 13.2. The maximum absolute atomic E-state index is 4.74. The van der Waals surface area contributed by atoms with Crippen molar-refractivity contribution in [1.29, 1.82) is 0 Å². The van der Waals surface area contributed by atoms with Gasteiger partial charge in [0.05, 0.1) is 5.69 Å². The van der Waals surface area contributed by atoms with E-state index >= 15 is 0 Å². The van der Waals surface area contributed by atoms with Crippen LogP contribution in [-0.2, 0) is 13.1 Å². The third kappa shape index (κ3) is 4.83. The summed E-state index contributed by atoms with van der Waals surface area (Å²) in [5.74, 6) is 1.77. The van der Waals surface area contributed by atoms with Crippen LogP contribution in [0, 0.1) is 11.8 Å². The molecule has 114 valence electrons. The normalized spacial score (nSPS) is 18.0. The highest BCUT2D eigenvalue weighted by Gasteiger charge is 2.21. The maximum Gasteiger partial charge on any atom is 0.107 e. The second-order valence-corrected chi connectivity index (χ2v) is 7.21. The number of thiazole rings is 1. The molecule has 0 spiro atoms. The molecule has 0 bridgehead atoms. The SMILES string of the molecule is CCCNCc1nc(CN2CCC(C(C)C)CC2)cs1. The molecular formula is C16H29N3S. The van der Waals surface area contributed by atoms with E-state index in [1.54, 1.807) is 11.3 Å². The van der Waals surface area contributed by atoms with Crippen LogP contribution < -0.4 is 5.32 Å². The molecule has 2 rings (SSSR count). The van der Waals surface area contributed by atoms with Gasteiger partial charge in [-0.3, -0.25) is 4.90 Å². The lowest BCUT2D eigenvalue weighted by atomic mass is 9.87. The van der Waals surface area contributed by atoms with Gasteiger partial charge in [0.15, 0.2) is 0 Å². The molecule has 4 heteroatoms. The van der Waals surface area contributed by atoms with E-state index in [0.29, 0.717) is 0 Å². The number of hydrogen-bond acceptors (Lipinski definition) is 4. The number of hydrogen-bond donors (Lipinski definition) is 1. The smallest absolute Gasteiger partial charge is 0.107 e. The van der Waals surface area contributed by atoms with Crippen molar-refractivity contribution >= 4 is 11.3 Å². The summed E-state index contributed by atoms with van der Waals surface area (Å²) < 4.78 is 0. The Kier molecular flexibility index (Phi) is 6.46. The summed E-state index contributed by atoms with van der Waals surface area (Å²) in [7, 11) is 0. The summed E-state index contributed by atoms with van der Waals surface area (Å²) >= 11 is 1.79. The predicted octanol–water partition coefficient (Wildman–Crippen LogP) is 3.51. The van der Waals surface area contributed by atoms with E-state index in [9.17, 15) is 0 Å². The fourth-order valence-electron chi connectivity index (χ4n) is 2.88. The van der Waals surface area contributed by atoms with E-state index in [0.717, 1.165) is 31.5 Å². The van der Waals surface area contributed by atoms with Gasteiger partial charge in [-0.1, -0.05) is 20.8 Å². The minimum absolute atomic E-state index is 0.840. The molecule has 0 unspecified atom stereocenters. The van der Waals surface area contributed by atoms with Gasteiger partial charge in [-0.2, -0.15) is 0 Å². The van der Waals surface area contributed by atoms with Crippen LogP contribution >= 0.6 is 11.3 Å². The van der Waals surface area contributed by atoms with Crippen molar-refractivity contribution in [3.05, 3.63) is 16.1 Å². The number of nitrogens with zero attached hydrogens (tertiary/aromatic N) is 2. The third-order valence-electron chi connectivity index (χ3n) is 4.26. The van der Waals surface area contributed by atoms with Crippen molar-refractivity contribution in [2.75, 3.05) is 19.6 Å². The van der Waals surface area contributed by atoms with E-state index in [4.69, 9.17) is 4.98 Å². The van der Waals surface area contributed by atoms with Crippen LogP contribution in [0.15, 0.2) is 5.38 Å². The summed E-state index contributed by atoms with van der Waals surface area (Å²) in [6, 6.07) is 0. The van der Waals surface area contributed by atoms with E-state index in [1.807, 2.05) is 0 Å². The minimum Gasteiger partial charge on any atom is -0.310 e. The summed E-state index contributed by atoms with van der Waals surface area (Å²) in [5, 5.41) is 6.88. The van der Waals surface area contributed by atoms with Gasteiger partial charge in [-0.25, -0.2) is 4.98 Å². The zero-order valence-corrected chi connectivity index (χ0v) is 14.0. The summed E-state index contributed by atoms with van der Waals surface area (Å²) in [5.41, 5.74) is 1.26. The highest BCUT2D eigenvalue weighted by molar-refractivity contribution is 7.09. The van der Waals surface area contributed by atoms with Crippen LogP contribution in [0.25, 0.3) is 0 Å². The van der Waals surface area contributed by atoms with Crippen LogP contribution in [0.2, 0.25) is 0 Å². The van der Waals surface area contributed by atoms with Gasteiger partial charge in [-0.05, 0) is 50.7 Å². The molecule has 0 amide bonds. The van der Waals surface area contributed by atoms with Gasteiger partial charge in [0.1, 0.15) is 5.01 Å². The first-order valence-electron chi connectivity index (χ1n) is 8.05. The fraction of sp³-hybridized carbons (Fsp3) is 0.812. The first-order chi connectivity index (χ1) is 9.69. The van der Waals surface area contributed by atoms with E-state index in [-0.39, 0.29) is 0 Å². The molecule has 2 heterocycles. The van der Waals surface area contributed by atoms with Crippen molar-refractivity contribution < 1.29 is 0 Å². The zero-order chi connectivity index (χ0) is 14.4. The largest absolute Gasteiger partial charge is 0.310 e. The van der Waals surface area contributed by atoms with Crippen LogP contribution in [0.4, 0.5) is 0 Å². The molecule has 0 saturated carbocycles. The number of piperidine rings is 1. The monoisotopic (exact) mass is 295 g/mol. The first kappa shape index (κ1) is 15.9. The summed E-state index contributed by atoms with van der Waals surface area (Å²) in [4.78, 5) is 7.31. The quantitative estimate of drug-likeness (QED) is 0.780. The lowest BCUT2D eigenvalue weighted by Crippen LogP contribution is -2.34. The van der Waals surface area contributed by atoms with Crippen LogP contribution in [0.3, 0.4) is 0 Å². The molecule has 0 aromatic carbocycles. The Balaban J connectivity index is 1.74. The van der Waals surface area contributed by atoms with Gasteiger partial charge in [0.2, 0.25) is 0 Å². The molecule has 1 aromatic heterocycles. The van der Waals surface area contributed by atoms with Gasteiger partial charge < -0.3 is 5.32 Å². The number of rotatable bonds is 7. The number of likely N-dealkylation sites (tertiary alicyclic amines) is 1. The number of aromatic nitrogens is 1. The van der Waals surface area contributed by atoms with Gasteiger partial charge in [0, 0.05) is 18.5 Å². The third-order valence-corrected chi connectivity index (χ3v) is 5.16. The average molecular weight is 295 g/mol. The molecule has 1 fully saturated rings. The van der Waals surface area contributed by atoms with Gasteiger partial charge >= 0.3 is 0 Å². The van der Waals surface area contributed by atoms with Crippen molar-refractivity contribution in [2.24, 2.45) is 11.8 Å². The van der Waals surface area contributed by atoms with Gasteiger partial charge in [0.25, 0.3) is 0 Å². The molecular weight excluding hydrogens is 266 g/mol. The van der Waals surface area contributed by atoms with Crippen LogP contribution in [0.5, 0.6) is 0 Å². The van der Waals surface area contributed by atoms with E-state index in [2.05, 4.69) is 36.4 Å². The average Bonchev–Trinajstić information content (AvgIpc) is 2.87. The van der Waals surface area contributed by atoms with Crippen molar-refractivity contribution in [3.63, 3.8) is 0 Å². The van der Waals surface area contributed by atoms with Crippen molar-refractivity contribution in [2.45, 2.75) is 53.1 Å². The molecule has 0 atom stereocenters. The minimum atomic E-state index is 0.840. The van der Waals surface area contributed by atoms with Crippen LogP contribution in [0.1, 0.15) is 50.7 Å². The lowest BCUT2D eigenvalue weighted by molar-refractivity contribution is 0.151. The van der Waals surface area contributed by atoms with Crippen molar-refractivity contribution in [3.8, 4) is 0 Å². The van der Waals surface area contributed by atoms with Crippen LogP contribution in [-0.4, -0.2) is 29.5 Å². The Hall–Kier alpha value is -0.450. The summed E-state index contributed by atoms with van der Waals surface area (Å²) in [6.45, 7) is 12.4. The Bertz CT molecular complexity index is 381. The molecule has 3 nitrogen and oxygen atoms in total. The lowest BCUT2D eigenvalue weighted by Gasteiger charge is -2.33.